The second-order valence-corrected chi connectivity index (χ2v) is 13.1. The predicted octanol–water partition coefficient (Wildman–Crippen LogP) is 5.09. The van der Waals surface area contributed by atoms with Gasteiger partial charge in [0.25, 0.3) is 0 Å². The van der Waals surface area contributed by atoms with E-state index in [0.29, 0.717) is 29.7 Å². The average Bonchev–Trinajstić information content (AvgIpc) is 3.45. The number of nitrogens with zero attached hydrogens (tertiary/aromatic N) is 1. The molecule has 1 saturated heterocycles. The monoisotopic (exact) mass is 531 g/mol. The van der Waals surface area contributed by atoms with Gasteiger partial charge in [0.05, 0.1) is 29.9 Å². The van der Waals surface area contributed by atoms with Gasteiger partial charge in [-0.15, -0.1) is 11.3 Å². The van der Waals surface area contributed by atoms with E-state index in [1.165, 1.54) is 0 Å². The maximum Gasteiger partial charge on any atom is 0.348 e. The summed E-state index contributed by atoms with van der Waals surface area (Å²) in [5, 5.41) is 20.1. The minimum absolute atomic E-state index is 0.000265. The van der Waals surface area contributed by atoms with Crippen molar-refractivity contribution in [2.45, 2.75) is 103 Å². The van der Waals surface area contributed by atoms with Gasteiger partial charge < -0.3 is 24.6 Å². The molecule has 1 aliphatic heterocycles. The minimum atomic E-state index is -1.02. The quantitative estimate of drug-likeness (QED) is 0.497. The number of anilines is 1. The molecule has 7 nitrogen and oxygen atoms in total. The molecule has 37 heavy (non-hydrogen) atoms. The highest BCUT2D eigenvalue weighted by atomic mass is 32.1. The van der Waals surface area contributed by atoms with Crippen LogP contribution in [0.5, 0.6) is 0 Å². The Kier molecular flexibility index (Phi) is 9.00. The highest BCUT2D eigenvalue weighted by molar-refractivity contribution is 7.15. The van der Waals surface area contributed by atoms with Crippen molar-refractivity contribution < 1.29 is 29.3 Å². The van der Waals surface area contributed by atoms with E-state index in [-0.39, 0.29) is 40.4 Å². The molecule has 0 bridgehead atoms. The number of aliphatic hydroxyl groups excluding tert-OH is 1. The number of ether oxygens (including phenoxy) is 2. The summed E-state index contributed by atoms with van der Waals surface area (Å²) in [6, 6.07) is 1.72. The molecule has 204 valence electrons. The molecule has 0 aromatic carbocycles. The molecule has 3 fully saturated rings. The Bertz CT molecular complexity index is 1020. The number of thiophene rings is 1. The third-order valence-corrected chi connectivity index (χ3v) is 8.73. The number of carbonyl (C=O) groups is 2. The van der Waals surface area contributed by atoms with Crippen LogP contribution in [0, 0.1) is 29.1 Å². The molecule has 3 aliphatic rings. The largest absolute Gasteiger partial charge is 0.477 e. The van der Waals surface area contributed by atoms with E-state index < -0.39 is 12.1 Å². The Morgan fingerprint density at radius 1 is 1.08 bits per heavy atom. The number of hydrogen-bond donors (Lipinski definition) is 2. The van der Waals surface area contributed by atoms with Crippen LogP contribution in [0.1, 0.15) is 93.6 Å². The summed E-state index contributed by atoms with van der Waals surface area (Å²) in [5.41, 5.74) is 0.279. The van der Waals surface area contributed by atoms with Gasteiger partial charge in [-0.3, -0.25) is 4.79 Å². The first kappa shape index (κ1) is 28.1. The average molecular weight is 532 g/mol. The molecular formula is C29H41NO6S. The van der Waals surface area contributed by atoms with Gasteiger partial charge in [0.2, 0.25) is 5.91 Å². The standard InChI is InChI=1S/C29H41NO6S/c1-18-5-7-19(8-6-18)27(32)30(20-9-11-21(12-10-20)36-25-17-35-16-24(25)31)23-15-22(13-14-29(2,3)4)37-26(23)28(33)34/h15,18-21,24-25,31H,5-12,16-17H2,1-4H3,(H,33,34)/t18?,19?,20?,21?,24-,25+/m1/s1. The second kappa shape index (κ2) is 11.9. The summed E-state index contributed by atoms with van der Waals surface area (Å²) in [6.07, 6.45) is 5.79. The van der Waals surface area contributed by atoms with Crippen molar-refractivity contribution in [2.24, 2.45) is 17.3 Å². The maximum atomic E-state index is 14.0. The number of carboxylic acids is 1. The highest BCUT2D eigenvalue weighted by Crippen LogP contribution is 2.39. The molecule has 0 spiro atoms. The third kappa shape index (κ3) is 7.14. The van der Waals surface area contributed by atoms with E-state index in [1.807, 2.05) is 31.7 Å². The molecule has 1 aromatic heterocycles. The van der Waals surface area contributed by atoms with E-state index in [1.54, 1.807) is 0 Å². The predicted molar refractivity (Wildman–Crippen MR) is 144 cm³/mol. The summed E-state index contributed by atoms with van der Waals surface area (Å²) < 4.78 is 11.4. The van der Waals surface area contributed by atoms with Gasteiger partial charge in [-0.25, -0.2) is 4.79 Å². The van der Waals surface area contributed by atoms with Crippen molar-refractivity contribution >= 4 is 28.9 Å². The Labute approximate surface area is 224 Å². The zero-order chi connectivity index (χ0) is 26.7. The number of hydrogen-bond acceptors (Lipinski definition) is 6. The van der Waals surface area contributed by atoms with Crippen molar-refractivity contribution in [2.75, 3.05) is 18.1 Å². The van der Waals surface area contributed by atoms with E-state index in [2.05, 4.69) is 18.8 Å². The lowest BCUT2D eigenvalue weighted by atomic mass is 9.81. The summed E-state index contributed by atoms with van der Waals surface area (Å²) in [4.78, 5) is 29.0. The molecule has 2 saturated carbocycles. The van der Waals surface area contributed by atoms with Crippen LogP contribution in [0.25, 0.3) is 0 Å². The van der Waals surface area contributed by atoms with Gasteiger partial charge >= 0.3 is 5.97 Å². The van der Waals surface area contributed by atoms with Crippen LogP contribution in [0.4, 0.5) is 5.69 Å². The SMILES string of the molecule is CC1CCC(C(=O)N(c2cc(C#CC(C)(C)C)sc2C(=O)O)C2CCC(O[C@H]3COC[C@H]3O)CC2)CC1. The maximum absolute atomic E-state index is 14.0. The van der Waals surface area contributed by atoms with Crippen molar-refractivity contribution in [1.82, 2.24) is 0 Å². The van der Waals surface area contributed by atoms with Crippen LogP contribution in [0.3, 0.4) is 0 Å². The molecule has 2 aliphatic carbocycles. The van der Waals surface area contributed by atoms with Crippen LogP contribution in [-0.4, -0.2) is 59.7 Å². The summed E-state index contributed by atoms with van der Waals surface area (Å²) in [7, 11) is 0. The number of rotatable bonds is 6. The van der Waals surface area contributed by atoms with Crippen molar-refractivity contribution in [1.29, 1.82) is 0 Å². The molecule has 2 heterocycles. The van der Waals surface area contributed by atoms with Crippen LogP contribution in [0.15, 0.2) is 6.07 Å². The zero-order valence-corrected chi connectivity index (χ0v) is 23.3. The van der Waals surface area contributed by atoms with Gasteiger partial charge in [-0.05, 0) is 84.1 Å². The number of carbonyl (C=O) groups excluding carboxylic acids is 1. The lowest BCUT2D eigenvalue weighted by Crippen LogP contribution is -2.47. The number of aliphatic hydroxyl groups is 1. The fourth-order valence-electron chi connectivity index (χ4n) is 5.56. The van der Waals surface area contributed by atoms with Gasteiger partial charge in [0.15, 0.2) is 0 Å². The first-order valence-electron chi connectivity index (χ1n) is 13.7. The summed E-state index contributed by atoms with van der Waals surface area (Å²) in [5.74, 6) is 5.90. The second-order valence-electron chi connectivity index (χ2n) is 12.0. The van der Waals surface area contributed by atoms with Gasteiger partial charge in [-0.1, -0.05) is 18.8 Å². The molecule has 0 unspecified atom stereocenters. The minimum Gasteiger partial charge on any atom is -0.477 e. The van der Waals surface area contributed by atoms with Gasteiger partial charge in [-0.2, -0.15) is 0 Å². The van der Waals surface area contributed by atoms with Crippen molar-refractivity contribution in [3.63, 3.8) is 0 Å². The lowest BCUT2D eigenvalue weighted by Gasteiger charge is -2.40. The Morgan fingerprint density at radius 2 is 1.76 bits per heavy atom. The fraction of sp³-hybridized carbons (Fsp3) is 0.724. The normalized spacial score (nSPS) is 30.4. The molecule has 8 heteroatoms. The molecule has 1 amide bonds. The lowest BCUT2D eigenvalue weighted by molar-refractivity contribution is -0.124. The Morgan fingerprint density at radius 3 is 2.32 bits per heavy atom. The zero-order valence-electron chi connectivity index (χ0n) is 22.5. The van der Waals surface area contributed by atoms with Gasteiger partial charge in [0, 0.05) is 17.4 Å². The Hall–Kier alpha value is -1.92. The van der Waals surface area contributed by atoms with Crippen LogP contribution in [0.2, 0.25) is 0 Å². The smallest absolute Gasteiger partial charge is 0.348 e. The molecule has 2 atom stereocenters. The topological polar surface area (TPSA) is 96.3 Å². The van der Waals surface area contributed by atoms with Crippen molar-refractivity contribution in [3.8, 4) is 11.8 Å². The fourth-order valence-corrected chi connectivity index (χ4v) is 6.41. The molecule has 0 radical (unpaired) electrons. The molecule has 4 rings (SSSR count). The molecule has 1 aromatic rings. The Balaban J connectivity index is 1.59. The van der Waals surface area contributed by atoms with E-state index in [4.69, 9.17) is 9.47 Å². The summed E-state index contributed by atoms with van der Waals surface area (Å²) >= 11 is 1.15. The number of amides is 1. The van der Waals surface area contributed by atoms with Crippen LogP contribution >= 0.6 is 11.3 Å². The molecule has 2 N–H and O–H groups in total. The van der Waals surface area contributed by atoms with E-state index >= 15 is 0 Å². The number of aromatic carboxylic acids is 1. The van der Waals surface area contributed by atoms with Crippen molar-refractivity contribution in [3.05, 3.63) is 15.8 Å². The summed E-state index contributed by atoms with van der Waals surface area (Å²) in [6.45, 7) is 8.99. The first-order valence-corrected chi connectivity index (χ1v) is 14.5. The van der Waals surface area contributed by atoms with Crippen LogP contribution in [-0.2, 0) is 14.3 Å². The van der Waals surface area contributed by atoms with Gasteiger partial charge in [0.1, 0.15) is 17.1 Å². The van der Waals surface area contributed by atoms with E-state index in [9.17, 15) is 19.8 Å². The van der Waals surface area contributed by atoms with Crippen LogP contribution < -0.4 is 4.90 Å². The first-order chi connectivity index (χ1) is 17.5. The highest BCUT2D eigenvalue weighted by Gasteiger charge is 2.38. The number of carboxylic acid groups (broad SMARTS) is 1. The third-order valence-electron chi connectivity index (χ3n) is 7.71. The molecular weight excluding hydrogens is 490 g/mol. The van der Waals surface area contributed by atoms with E-state index in [0.717, 1.165) is 62.7 Å².